The highest BCUT2D eigenvalue weighted by Gasteiger charge is 2.36. The van der Waals surface area contributed by atoms with E-state index < -0.39 is 0 Å². The molecule has 2 fully saturated rings. The summed E-state index contributed by atoms with van der Waals surface area (Å²) in [5.41, 5.74) is 1.33. The van der Waals surface area contributed by atoms with Crippen LogP contribution in [-0.2, 0) is 4.79 Å². The van der Waals surface area contributed by atoms with Crippen LogP contribution in [0.5, 0.6) is 11.5 Å². The summed E-state index contributed by atoms with van der Waals surface area (Å²) >= 11 is 8.94. The lowest BCUT2D eigenvalue weighted by Crippen LogP contribution is -2.41. The van der Waals surface area contributed by atoms with Crippen LogP contribution in [0.15, 0.2) is 22.3 Å². The molecule has 1 heterocycles. The number of nitrogens with one attached hydrogen (secondary N) is 1. The summed E-state index contributed by atoms with van der Waals surface area (Å²) in [5.74, 6) is 1.22. The summed E-state index contributed by atoms with van der Waals surface area (Å²) in [6.45, 7) is 2.46. The number of benzene rings is 1. The molecule has 1 aliphatic carbocycles. The Balaban J connectivity index is 1.87. The molecule has 2 aliphatic rings. The molecule has 1 amide bonds. The molecule has 0 unspecified atom stereocenters. The maximum atomic E-state index is 12.9. The van der Waals surface area contributed by atoms with Crippen molar-refractivity contribution in [3.63, 3.8) is 0 Å². The fourth-order valence-electron chi connectivity index (χ4n) is 3.49. The summed E-state index contributed by atoms with van der Waals surface area (Å²) in [5, 5.41) is 3.58. The lowest BCUT2D eigenvalue weighted by molar-refractivity contribution is -0.124. The highest BCUT2D eigenvalue weighted by Crippen LogP contribution is 2.37. The Morgan fingerprint density at radius 2 is 2.08 bits per heavy atom. The maximum Gasteiger partial charge on any atom is 0.276 e. The van der Waals surface area contributed by atoms with Crippen molar-refractivity contribution < 1.29 is 14.3 Å². The Bertz CT molecular complexity index is 745. The number of rotatable bonds is 5. The van der Waals surface area contributed by atoms with Crippen LogP contribution in [-0.4, -0.2) is 35.7 Å². The molecule has 1 saturated heterocycles. The largest absolute Gasteiger partial charge is 0.493 e. The fourth-order valence-corrected chi connectivity index (χ4v) is 4.41. The summed E-state index contributed by atoms with van der Waals surface area (Å²) < 4.78 is 11.8. The van der Waals surface area contributed by atoms with Crippen molar-refractivity contribution in [2.75, 3.05) is 13.7 Å². The first-order chi connectivity index (χ1) is 12.5. The first kappa shape index (κ1) is 19.2. The molecular formula is C19H23BrN2O3S. The van der Waals surface area contributed by atoms with Crippen molar-refractivity contribution in [2.45, 2.75) is 45.1 Å². The van der Waals surface area contributed by atoms with E-state index in [1.54, 1.807) is 18.1 Å². The first-order valence-corrected chi connectivity index (χ1v) is 10.1. The second-order valence-electron chi connectivity index (χ2n) is 6.42. The molecule has 1 aliphatic heterocycles. The number of ether oxygens (including phenoxy) is 2. The SMILES string of the molecule is CCOc1c(Br)cc(C=C2NC(=S)N(C3CCCCC3)C2=O)cc1OC. The molecule has 1 saturated carbocycles. The first-order valence-electron chi connectivity index (χ1n) is 8.91. The van der Waals surface area contributed by atoms with Crippen molar-refractivity contribution in [3.8, 4) is 11.5 Å². The minimum atomic E-state index is -0.0501. The van der Waals surface area contributed by atoms with Gasteiger partial charge >= 0.3 is 0 Å². The molecule has 1 aromatic rings. The average Bonchev–Trinajstić information content (AvgIpc) is 2.91. The van der Waals surface area contributed by atoms with Gasteiger partial charge in [0.15, 0.2) is 16.6 Å². The van der Waals surface area contributed by atoms with Crippen LogP contribution in [0.3, 0.4) is 0 Å². The fraction of sp³-hybridized carbons (Fsp3) is 0.474. The van der Waals surface area contributed by atoms with E-state index in [9.17, 15) is 4.79 Å². The van der Waals surface area contributed by atoms with Crippen LogP contribution < -0.4 is 14.8 Å². The van der Waals surface area contributed by atoms with E-state index in [2.05, 4.69) is 21.2 Å². The van der Waals surface area contributed by atoms with Gasteiger partial charge in [-0.05, 0) is 71.7 Å². The summed E-state index contributed by atoms with van der Waals surface area (Å²) in [6, 6.07) is 3.97. The molecule has 0 atom stereocenters. The van der Waals surface area contributed by atoms with Crippen molar-refractivity contribution in [2.24, 2.45) is 0 Å². The van der Waals surface area contributed by atoms with Gasteiger partial charge in [-0.25, -0.2) is 0 Å². The number of carbonyl (C=O) groups is 1. The zero-order valence-electron chi connectivity index (χ0n) is 15.0. The summed E-state index contributed by atoms with van der Waals surface area (Å²) in [7, 11) is 1.60. The second-order valence-corrected chi connectivity index (χ2v) is 7.66. The average molecular weight is 439 g/mol. The van der Waals surface area contributed by atoms with Crippen molar-refractivity contribution >= 4 is 45.2 Å². The normalized spacial score (nSPS) is 19.8. The van der Waals surface area contributed by atoms with Crippen molar-refractivity contribution in [1.82, 2.24) is 10.2 Å². The maximum absolute atomic E-state index is 12.9. The van der Waals surface area contributed by atoms with Gasteiger partial charge in [0.25, 0.3) is 5.91 Å². The summed E-state index contributed by atoms with van der Waals surface area (Å²) in [6.07, 6.45) is 7.38. The molecule has 7 heteroatoms. The van der Waals surface area contributed by atoms with Gasteiger partial charge in [-0.2, -0.15) is 0 Å². The Hall–Kier alpha value is -1.60. The number of hydrogen-bond acceptors (Lipinski definition) is 4. The number of thiocarbonyl (C=S) groups is 1. The van der Waals surface area contributed by atoms with E-state index in [1.807, 2.05) is 19.1 Å². The number of methoxy groups -OCH3 is 1. The minimum Gasteiger partial charge on any atom is -0.493 e. The third-order valence-electron chi connectivity index (χ3n) is 4.70. The second kappa shape index (κ2) is 8.39. The molecular weight excluding hydrogens is 416 g/mol. The third kappa shape index (κ3) is 3.88. The highest BCUT2D eigenvalue weighted by atomic mass is 79.9. The lowest BCUT2D eigenvalue weighted by Gasteiger charge is -2.29. The molecule has 1 N–H and O–H groups in total. The third-order valence-corrected chi connectivity index (χ3v) is 5.59. The van der Waals surface area contributed by atoms with E-state index in [0.717, 1.165) is 35.7 Å². The van der Waals surface area contributed by atoms with Crippen LogP contribution in [0, 0.1) is 0 Å². The number of hydrogen-bond donors (Lipinski definition) is 1. The molecule has 0 radical (unpaired) electrons. The topological polar surface area (TPSA) is 50.8 Å². The van der Waals surface area contributed by atoms with Gasteiger partial charge < -0.3 is 14.8 Å². The summed E-state index contributed by atoms with van der Waals surface area (Å²) in [4.78, 5) is 14.6. The quantitative estimate of drug-likeness (QED) is 0.549. The monoisotopic (exact) mass is 438 g/mol. The molecule has 5 nitrogen and oxygen atoms in total. The molecule has 26 heavy (non-hydrogen) atoms. The van der Waals surface area contributed by atoms with Gasteiger partial charge in [0, 0.05) is 6.04 Å². The number of nitrogens with zero attached hydrogens (tertiary/aromatic N) is 1. The number of halogens is 1. The Kier molecular flexibility index (Phi) is 6.19. The standard InChI is InChI=1S/C19H23BrN2O3S/c1-3-25-17-14(20)9-12(11-16(17)24-2)10-15-18(23)22(19(26)21-15)13-7-5-4-6-8-13/h9-11,13H,3-8H2,1-2H3,(H,21,26). The van der Waals surface area contributed by atoms with Crippen molar-refractivity contribution in [3.05, 3.63) is 27.9 Å². The van der Waals surface area contributed by atoms with E-state index in [0.29, 0.717) is 28.9 Å². The van der Waals surface area contributed by atoms with Crippen LogP contribution in [0.25, 0.3) is 6.08 Å². The van der Waals surface area contributed by atoms with E-state index >= 15 is 0 Å². The lowest BCUT2D eigenvalue weighted by atomic mass is 9.94. The molecule has 1 aromatic carbocycles. The van der Waals surface area contributed by atoms with Crippen molar-refractivity contribution in [1.29, 1.82) is 0 Å². The Morgan fingerprint density at radius 3 is 2.73 bits per heavy atom. The molecule has 3 rings (SSSR count). The van der Waals surface area contributed by atoms with Gasteiger partial charge in [0.1, 0.15) is 5.70 Å². The molecule has 140 valence electrons. The molecule has 0 spiro atoms. The number of carbonyl (C=O) groups excluding carboxylic acids is 1. The van der Waals surface area contributed by atoms with Gasteiger partial charge in [-0.3, -0.25) is 9.69 Å². The molecule has 0 aromatic heterocycles. The van der Waals surface area contributed by atoms with E-state index in [-0.39, 0.29) is 11.9 Å². The predicted molar refractivity (Wildman–Crippen MR) is 109 cm³/mol. The van der Waals surface area contributed by atoms with Gasteiger partial charge in [-0.1, -0.05) is 19.3 Å². The van der Waals surface area contributed by atoms with Crippen LogP contribution >= 0.6 is 28.1 Å². The minimum absolute atomic E-state index is 0.0501. The Labute approximate surface area is 167 Å². The van der Waals surface area contributed by atoms with E-state index in [4.69, 9.17) is 21.7 Å². The Morgan fingerprint density at radius 1 is 1.35 bits per heavy atom. The van der Waals surface area contributed by atoms with Crippen LogP contribution in [0.2, 0.25) is 0 Å². The van der Waals surface area contributed by atoms with Gasteiger partial charge in [-0.15, -0.1) is 0 Å². The zero-order chi connectivity index (χ0) is 18.7. The van der Waals surface area contributed by atoms with Gasteiger partial charge in [0.05, 0.1) is 18.2 Å². The van der Waals surface area contributed by atoms with Crippen LogP contribution in [0.4, 0.5) is 0 Å². The zero-order valence-corrected chi connectivity index (χ0v) is 17.4. The van der Waals surface area contributed by atoms with E-state index in [1.165, 1.54) is 6.42 Å². The van der Waals surface area contributed by atoms with Gasteiger partial charge in [0.2, 0.25) is 0 Å². The number of amides is 1. The predicted octanol–water partition coefficient (Wildman–Crippen LogP) is 4.25. The smallest absolute Gasteiger partial charge is 0.276 e. The van der Waals surface area contributed by atoms with Crippen LogP contribution in [0.1, 0.15) is 44.6 Å². The molecule has 0 bridgehead atoms. The highest BCUT2D eigenvalue weighted by molar-refractivity contribution is 9.10.